The number of hydrogen-bond donors (Lipinski definition) is 1. The number of nitrogens with one attached hydrogen (secondary N) is 1. The van der Waals surface area contributed by atoms with Crippen LogP contribution in [0.25, 0.3) is 0 Å². The van der Waals surface area contributed by atoms with Crippen LogP contribution in [0.15, 0.2) is 0 Å². The molecule has 1 heterocycles. The topological polar surface area (TPSA) is 41.6 Å². The van der Waals surface area contributed by atoms with Gasteiger partial charge in [0.15, 0.2) is 0 Å². The summed E-state index contributed by atoms with van der Waals surface area (Å²) in [4.78, 5) is 14.1. The van der Waals surface area contributed by atoms with Gasteiger partial charge in [0.1, 0.15) is 6.04 Å². The second-order valence-electron chi connectivity index (χ2n) is 5.45. The van der Waals surface area contributed by atoms with E-state index in [1.54, 1.807) is 0 Å². The van der Waals surface area contributed by atoms with Crippen molar-refractivity contribution in [2.45, 2.75) is 52.1 Å². The van der Waals surface area contributed by atoms with E-state index in [0.717, 1.165) is 13.0 Å². The maximum Gasteiger partial charge on any atom is 0.322 e. The highest BCUT2D eigenvalue weighted by atomic mass is 16.5. The maximum absolute atomic E-state index is 11.5. The molecule has 1 N–H and O–H groups in total. The Hall–Kier alpha value is -0.610. The molecule has 1 aliphatic rings. The van der Waals surface area contributed by atoms with Gasteiger partial charge in [-0.2, -0.15) is 0 Å². The highest BCUT2D eigenvalue weighted by molar-refractivity contribution is 5.75. The summed E-state index contributed by atoms with van der Waals surface area (Å²) in [5.41, 5.74) is 0. The Morgan fingerprint density at radius 3 is 2.39 bits per heavy atom. The van der Waals surface area contributed by atoms with Crippen molar-refractivity contribution in [3.63, 3.8) is 0 Å². The van der Waals surface area contributed by atoms with Crippen molar-refractivity contribution in [2.24, 2.45) is 5.92 Å². The number of hydrogen-bond acceptors (Lipinski definition) is 4. The predicted octanol–water partition coefficient (Wildman–Crippen LogP) is 1.65. The summed E-state index contributed by atoms with van der Waals surface area (Å²) >= 11 is 0. The Labute approximate surface area is 111 Å². The molecule has 0 saturated carbocycles. The summed E-state index contributed by atoms with van der Waals surface area (Å²) in [5.74, 6) is 0.451. The summed E-state index contributed by atoms with van der Waals surface area (Å²) in [6.07, 6.45) is 3.38. The standard InChI is InChI=1S/C14H28N2O2/c1-5-12(14(17)18-4)15-10-13(11(2)3)16-8-6-7-9-16/h11-13,15H,5-10H2,1-4H3. The highest BCUT2D eigenvalue weighted by Crippen LogP contribution is 2.17. The molecule has 0 bridgehead atoms. The lowest BCUT2D eigenvalue weighted by Gasteiger charge is -2.32. The number of rotatable bonds is 7. The van der Waals surface area contributed by atoms with Gasteiger partial charge in [0.2, 0.25) is 0 Å². The summed E-state index contributed by atoms with van der Waals surface area (Å²) in [7, 11) is 1.45. The summed E-state index contributed by atoms with van der Waals surface area (Å²) in [6, 6.07) is 0.352. The van der Waals surface area contributed by atoms with Crippen LogP contribution in [0.1, 0.15) is 40.0 Å². The van der Waals surface area contributed by atoms with Crippen molar-refractivity contribution in [1.82, 2.24) is 10.2 Å². The molecule has 1 fully saturated rings. The fourth-order valence-corrected chi connectivity index (χ4v) is 2.66. The van der Waals surface area contributed by atoms with E-state index in [1.165, 1.54) is 33.0 Å². The van der Waals surface area contributed by atoms with E-state index in [0.29, 0.717) is 12.0 Å². The van der Waals surface area contributed by atoms with Crippen molar-refractivity contribution in [1.29, 1.82) is 0 Å². The molecule has 2 atom stereocenters. The lowest BCUT2D eigenvalue weighted by molar-refractivity contribution is -0.143. The molecule has 4 nitrogen and oxygen atoms in total. The zero-order valence-electron chi connectivity index (χ0n) is 12.2. The molecule has 0 aliphatic carbocycles. The van der Waals surface area contributed by atoms with Crippen LogP contribution in [0, 0.1) is 5.92 Å². The SMILES string of the molecule is CCC(NCC(C(C)C)N1CCCC1)C(=O)OC. The average molecular weight is 256 g/mol. The second kappa shape index (κ2) is 7.74. The summed E-state index contributed by atoms with van der Waals surface area (Å²) in [5, 5.41) is 3.36. The van der Waals surface area contributed by atoms with Gasteiger partial charge in [-0.1, -0.05) is 20.8 Å². The molecule has 2 unspecified atom stereocenters. The monoisotopic (exact) mass is 256 g/mol. The molecule has 1 aliphatic heterocycles. The maximum atomic E-state index is 11.5. The fraction of sp³-hybridized carbons (Fsp3) is 0.929. The van der Waals surface area contributed by atoms with Crippen LogP contribution in [-0.4, -0.2) is 49.7 Å². The van der Waals surface area contributed by atoms with E-state index in [2.05, 4.69) is 24.1 Å². The molecule has 0 radical (unpaired) electrons. The molecule has 0 aromatic heterocycles. The molecule has 1 rings (SSSR count). The number of methoxy groups -OCH3 is 1. The molecule has 18 heavy (non-hydrogen) atoms. The Kier molecular flexibility index (Phi) is 6.65. The normalized spacial score (nSPS) is 20.1. The molecule has 0 spiro atoms. The first-order valence-electron chi connectivity index (χ1n) is 7.15. The van der Waals surface area contributed by atoms with E-state index in [4.69, 9.17) is 4.74 Å². The first kappa shape index (κ1) is 15.4. The molecule has 106 valence electrons. The largest absolute Gasteiger partial charge is 0.468 e. The smallest absolute Gasteiger partial charge is 0.322 e. The Morgan fingerprint density at radius 2 is 1.94 bits per heavy atom. The van der Waals surface area contributed by atoms with Crippen LogP contribution in [0.2, 0.25) is 0 Å². The number of nitrogens with zero attached hydrogens (tertiary/aromatic N) is 1. The van der Waals surface area contributed by atoms with Crippen LogP contribution < -0.4 is 5.32 Å². The Bertz CT molecular complexity index is 250. The van der Waals surface area contributed by atoms with Gasteiger partial charge in [0, 0.05) is 12.6 Å². The summed E-state index contributed by atoms with van der Waals surface area (Å²) in [6.45, 7) is 9.77. The number of likely N-dealkylation sites (tertiary alicyclic amines) is 1. The van der Waals surface area contributed by atoms with Gasteiger partial charge in [0.25, 0.3) is 0 Å². The van der Waals surface area contributed by atoms with Gasteiger partial charge in [-0.15, -0.1) is 0 Å². The van der Waals surface area contributed by atoms with Crippen molar-refractivity contribution < 1.29 is 9.53 Å². The number of esters is 1. The van der Waals surface area contributed by atoms with Crippen LogP contribution in [-0.2, 0) is 9.53 Å². The Balaban J connectivity index is 2.48. The van der Waals surface area contributed by atoms with Gasteiger partial charge in [-0.25, -0.2) is 0 Å². The first-order chi connectivity index (χ1) is 8.60. The first-order valence-corrected chi connectivity index (χ1v) is 7.15. The van der Waals surface area contributed by atoms with Crippen LogP contribution >= 0.6 is 0 Å². The van der Waals surface area contributed by atoms with Gasteiger partial charge in [-0.05, 0) is 38.3 Å². The van der Waals surface area contributed by atoms with E-state index < -0.39 is 0 Å². The molecule has 4 heteroatoms. The lowest BCUT2D eigenvalue weighted by Crippen LogP contribution is -2.48. The average Bonchev–Trinajstić information content (AvgIpc) is 2.87. The number of carbonyl (C=O) groups is 1. The zero-order chi connectivity index (χ0) is 13.5. The van der Waals surface area contributed by atoms with Crippen molar-refractivity contribution in [3.8, 4) is 0 Å². The Morgan fingerprint density at radius 1 is 1.33 bits per heavy atom. The minimum atomic E-state index is -0.168. The van der Waals surface area contributed by atoms with Crippen LogP contribution in [0.3, 0.4) is 0 Å². The molecule has 0 amide bonds. The third kappa shape index (κ3) is 4.25. The van der Waals surface area contributed by atoms with Crippen LogP contribution in [0.4, 0.5) is 0 Å². The minimum absolute atomic E-state index is 0.151. The van der Waals surface area contributed by atoms with Crippen LogP contribution in [0.5, 0.6) is 0 Å². The number of carbonyl (C=O) groups excluding carboxylic acids is 1. The van der Waals surface area contributed by atoms with Crippen molar-refractivity contribution in [3.05, 3.63) is 0 Å². The quantitative estimate of drug-likeness (QED) is 0.703. The van der Waals surface area contributed by atoms with Gasteiger partial charge < -0.3 is 10.1 Å². The summed E-state index contributed by atoms with van der Waals surface area (Å²) < 4.78 is 4.81. The zero-order valence-corrected chi connectivity index (χ0v) is 12.2. The van der Waals surface area contributed by atoms with Crippen molar-refractivity contribution in [2.75, 3.05) is 26.7 Å². The molecular formula is C14H28N2O2. The highest BCUT2D eigenvalue weighted by Gasteiger charge is 2.26. The molecule has 1 saturated heterocycles. The van der Waals surface area contributed by atoms with E-state index in [-0.39, 0.29) is 12.0 Å². The van der Waals surface area contributed by atoms with E-state index in [1.807, 2.05) is 6.92 Å². The fourth-order valence-electron chi connectivity index (χ4n) is 2.66. The molecular weight excluding hydrogens is 228 g/mol. The van der Waals surface area contributed by atoms with E-state index in [9.17, 15) is 4.79 Å². The predicted molar refractivity (Wildman–Crippen MR) is 73.5 cm³/mol. The lowest BCUT2D eigenvalue weighted by atomic mass is 10.0. The van der Waals surface area contributed by atoms with Gasteiger partial charge in [-0.3, -0.25) is 9.69 Å². The minimum Gasteiger partial charge on any atom is -0.468 e. The number of ether oxygens (including phenoxy) is 1. The second-order valence-corrected chi connectivity index (χ2v) is 5.45. The van der Waals surface area contributed by atoms with Crippen molar-refractivity contribution >= 4 is 5.97 Å². The van der Waals surface area contributed by atoms with Gasteiger partial charge in [0.05, 0.1) is 7.11 Å². The third-order valence-corrected chi connectivity index (χ3v) is 3.85. The van der Waals surface area contributed by atoms with Gasteiger partial charge >= 0.3 is 5.97 Å². The molecule has 0 aromatic rings. The van der Waals surface area contributed by atoms with E-state index >= 15 is 0 Å². The molecule has 0 aromatic carbocycles. The third-order valence-electron chi connectivity index (χ3n) is 3.85.